The first-order valence-electron chi connectivity index (χ1n) is 4.87. The van der Waals surface area contributed by atoms with Gasteiger partial charge in [0.05, 0.1) is 0 Å². The van der Waals surface area contributed by atoms with Gasteiger partial charge in [0, 0.05) is 4.47 Å². The first-order valence-corrected chi connectivity index (χ1v) is 5.66. The van der Waals surface area contributed by atoms with Gasteiger partial charge in [-0.1, -0.05) is 34.1 Å². The predicted octanol–water partition coefficient (Wildman–Crippen LogP) is 4.17. The molecule has 0 saturated heterocycles. The van der Waals surface area contributed by atoms with Gasteiger partial charge in [0.25, 0.3) is 0 Å². The van der Waals surface area contributed by atoms with E-state index in [2.05, 4.69) is 15.9 Å². The Labute approximate surface area is 102 Å². The van der Waals surface area contributed by atoms with Gasteiger partial charge in [-0.3, -0.25) is 0 Å². The van der Waals surface area contributed by atoms with Crippen molar-refractivity contribution >= 4 is 15.9 Å². The van der Waals surface area contributed by atoms with Crippen LogP contribution < -0.4 is 4.74 Å². The Bertz CT molecular complexity index is 450. The molecule has 3 heteroatoms. The van der Waals surface area contributed by atoms with Gasteiger partial charge in [-0.15, -0.1) is 0 Å². The summed E-state index contributed by atoms with van der Waals surface area (Å²) < 4.78 is 19.3. The normalized spacial score (nSPS) is 10.1. The zero-order chi connectivity index (χ0) is 11.4. The Hall–Kier alpha value is -1.35. The van der Waals surface area contributed by atoms with Gasteiger partial charge in [-0.05, 0) is 35.9 Å². The molecule has 0 saturated carbocycles. The molecule has 0 aliphatic carbocycles. The molecule has 2 aromatic rings. The number of halogens is 2. The molecule has 2 rings (SSSR count). The number of hydrogen-bond donors (Lipinski definition) is 0. The fourth-order valence-corrected chi connectivity index (χ4v) is 1.89. The second-order valence-corrected chi connectivity index (χ2v) is 4.30. The molecule has 0 aromatic heterocycles. The van der Waals surface area contributed by atoms with Crippen LogP contribution in [0.3, 0.4) is 0 Å². The number of para-hydroxylation sites is 1. The summed E-state index contributed by atoms with van der Waals surface area (Å²) in [6.45, 7) is 0.361. The van der Waals surface area contributed by atoms with E-state index in [0.29, 0.717) is 6.61 Å². The molecule has 0 aliphatic heterocycles. The fourth-order valence-electron chi connectivity index (χ4n) is 1.38. The maximum atomic E-state index is 13.1. The Morgan fingerprint density at radius 1 is 1.06 bits per heavy atom. The molecule has 0 bridgehead atoms. The van der Waals surface area contributed by atoms with Crippen molar-refractivity contribution in [1.82, 2.24) is 0 Å². The first-order chi connectivity index (χ1) is 7.74. The maximum Gasteiger partial charge on any atom is 0.124 e. The molecule has 0 fully saturated rings. The number of hydrogen-bond acceptors (Lipinski definition) is 1. The highest BCUT2D eigenvalue weighted by Gasteiger charge is 2.00. The van der Waals surface area contributed by atoms with Gasteiger partial charge >= 0.3 is 0 Å². The van der Waals surface area contributed by atoms with Crippen LogP contribution in [0.2, 0.25) is 0 Å². The summed E-state index contributed by atoms with van der Waals surface area (Å²) in [6.07, 6.45) is 0. The molecule has 2 aromatic carbocycles. The predicted molar refractivity (Wildman–Crippen MR) is 64.9 cm³/mol. The third-order valence-corrected chi connectivity index (χ3v) is 2.53. The number of rotatable bonds is 3. The minimum absolute atomic E-state index is 0.263. The average molecular weight is 281 g/mol. The zero-order valence-electron chi connectivity index (χ0n) is 8.49. The second-order valence-electron chi connectivity index (χ2n) is 3.38. The minimum atomic E-state index is -0.263. The van der Waals surface area contributed by atoms with E-state index in [1.54, 1.807) is 0 Å². The summed E-state index contributed by atoms with van der Waals surface area (Å²) >= 11 is 3.24. The van der Waals surface area contributed by atoms with Gasteiger partial charge < -0.3 is 4.74 Å². The van der Waals surface area contributed by atoms with E-state index >= 15 is 0 Å². The van der Waals surface area contributed by atoms with Crippen molar-refractivity contribution in [3.05, 3.63) is 64.4 Å². The molecule has 0 spiro atoms. The van der Waals surface area contributed by atoms with Gasteiger partial charge in [-0.2, -0.15) is 0 Å². The molecule has 16 heavy (non-hydrogen) atoms. The third-order valence-electron chi connectivity index (χ3n) is 2.07. The van der Waals surface area contributed by atoms with Crippen LogP contribution in [-0.4, -0.2) is 0 Å². The van der Waals surface area contributed by atoms with Gasteiger partial charge in [0.2, 0.25) is 0 Å². The van der Waals surface area contributed by atoms with Crippen molar-refractivity contribution in [2.24, 2.45) is 0 Å². The lowest BCUT2D eigenvalue weighted by Gasteiger charge is -2.06. The summed E-state index contributed by atoms with van der Waals surface area (Å²) in [5.74, 6) is 0.518. The van der Waals surface area contributed by atoms with E-state index < -0.39 is 0 Å². The summed E-state index contributed by atoms with van der Waals surface area (Å²) in [4.78, 5) is 0. The number of benzene rings is 2. The van der Waals surface area contributed by atoms with Crippen molar-refractivity contribution < 1.29 is 9.13 Å². The van der Waals surface area contributed by atoms with Gasteiger partial charge in [0.1, 0.15) is 18.2 Å². The molecule has 0 aliphatic rings. The maximum absolute atomic E-state index is 13.1. The number of ether oxygens (including phenoxy) is 1. The Balaban J connectivity index is 2.05. The third kappa shape index (κ3) is 3.07. The standard InChI is InChI=1S/C13H10BrFO/c14-11-6-10(7-12(15)8-11)9-16-13-4-2-1-3-5-13/h1-8H,9H2. The van der Waals surface area contributed by atoms with Crippen LogP contribution in [0.15, 0.2) is 53.0 Å². The van der Waals surface area contributed by atoms with Crippen molar-refractivity contribution in [3.8, 4) is 5.75 Å². The van der Waals surface area contributed by atoms with E-state index in [4.69, 9.17) is 4.74 Å². The molecular weight excluding hydrogens is 271 g/mol. The van der Waals surface area contributed by atoms with Gasteiger partial charge in [-0.25, -0.2) is 4.39 Å². The van der Waals surface area contributed by atoms with E-state index in [0.717, 1.165) is 15.8 Å². The smallest absolute Gasteiger partial charge is 0.124 e. The van der Waals surface area contributed by atoms with Crippen molar-refractivity contribution in [2.75, 3.05) is 0 Å². The Morgan fingerprint density at radius 2 is 1.81 bits per heavy atom. The summed E-state index contributed by atoms with van der Waals surface area (Å²) in [6, 6.07) is 14.2. The van der Waals surface area contributed by atoms with Crippen LogP contribution in [0.25, 0.3) is 0 Å². The summed E-state index contributed by atoms with van der Waals surface area (Å²) in [5, 5.41) is 0. The lowest BCUT2D eigenvalue weighted by Crippen LogP contribution is -1.95. The van der Waals surface area contributed by atoms with Crippen molar-refractivity contribution in [2.45, 2.75) is 6.61 Å². The molecular formula is C13H10BrFO. The molecule has 0 heterocycles. The van der Waals surface area contributed by atoms with Crippen LogP contribution >= 0.6 is 15.9 Å². The Morgan fingerprint density at radius 3 is 2.50 bits per heavy atom. The topological polar surface area (TPSA) is 9.23 Å². The van der Waals surface area contributed by atoms with E-state index in [-0.39, 0.29) is 5.82 Å². The highest BCUT2D eigenvalue weighted by atomic mass is 79.9. The van der Waals surface area contributed by atoms with E-state index in [9.17, 15) is 4.39 Å². The molecule has 0 radical (unpaired) electrons. The Kier molecular flexibility index (Phi) is 3.57. The van der Waals surface area contributed by atoms with E-state index in [1.807, 2.05) is 36.4 Å². The van der Waals surface area contributed by atoms with Gasteiger partial charge in [0.15, 0.2) is 0 Å². The van der Waals surface area contributed by atoms with Crippen LogP contribution in [-0.2, 0) is 6.61 Å². The molecule has 82 valence electrons. The zero-order valence-corrected chi connectivity index (χ0v) is 10.1. The second kappa shape index (κ2) is 5.12. The molecule has 0 unspecified atom stereocenters. The SMILES string of the molecule is Fc1cc(Br)cc(COc2ccccc2)c1. The summed E-state index contributed by atoms with van der Waals surface area (Å²) in [7, 11) is 0. The molecule has 0 N–H and O–H groups in total. The average Bonchev–Trinajstić information content (AvgIpc) is 2.27. The highest BCUT2D eigenvalue weighted by molar-refractivity contribution is 9.10. The fraction of sp³-hybridized carbons (Fsp3) is 0.0769. The monoisotopic (exact) mass is 280 g/mol. The first kappa shape index (κ1) is 11.1. The highest BCUT2D eigenvalue weighted by Crippen LogP contribution is 2.17. The van der Waals surface area contributed by atoms with Crippen LogP contribution in [0.4, 0.5) is 4.39 Å². The molecule has 0 atom stereocenters. The quantitative estimate of drug-likeness (QED) is 0.820. The molecule has 0 amide bonds. The van der Waals surface area contributed by atoms with Crippen LogP contribution in [0, 0.1) is 5.82 Å². The lowest BCUT2D eigenvalue weighted by atomic mass is 10.2. The van der Waals surface area contributed by atoms with Crippen molar-refractivity contribution in [3.63, 3.8) is 0 Å². The largest absolute Gasteiger partial charge is 0.489 e. The van der Waals surface area contributed by atoms with E-state index in [1.165, 1.54) is 12.1 Å². The molecule has 1 nitrogen and oxygen atoms in total. The lowest BCUT2D eigenvalue weighted by molar-refractivity contribution is 0.305. The minimum Gasteiger partial charge on any atom is -0.489 e. The van der Waals surface area contributed by atoms with Crippen molar-refractivity contribution in [1.29, 1.82) is 0 Å². The van der Waals surface area contributed by atoms with Crippen LogP contribution in [0.5, 0.6) is 5.75 Å². The van der Waals surface area contributed by atoms with Crippen LogP contribution in [0.1, 0.15) is 5.56 Å². The summed E-state index contributed by atoms with van der Waals surface area (Å²) in [5.41, 5.74) is 0.802.